The molecule has 134 valence electrons. The predicted octanol–water partition coefficient (Wildman–Crippen LogP) is -0.815. The topological polar surface area (TPSA) is 105 Å². The van der Waals surface area contributed by atoms with Crippen molar-refractivity contribution in [1.29, 1.82) is 0 Å². The van der Waals surface area contributed by atoms with E-state index in [4.69, 9.17) is 11.2 Å². The number of carbonyl (C=O) groups is 2. The minimum Gasteiger partial charge on any atom is -0.382 e. The van der Waals surface area contributed by atoms with Crippen LogP contribution < -0.4 is 10.6 Å². The first kappa shape index (κ1) is 18.9. The highest BCUT2D eigenvalue weighted by molar-refractivity contribution is 7.89. The van der Waals surface area contributed by atoms with Gasteiger partial charge in [-0.05, 0) is 18.2 Å². The van der Waals surface area contributed by atoms with Crippen LogP contribution in [-0.4, -0.2) is 63.9 Å². The molecule has 2 N–H and O–H groups in total. The Labute approximate surface area is 146 Å². The molecule has 8 nitrogen and oxygen atoms in total. The van der Waals surface area contributed by atoms with Gasteiger partial charge in [0.2, 0.25) is 15.9 Å². The van der Waals surface area contributed by atoms with Crippen LogP contribution >= 0.6 is 0 Å². The number of rotatable bonds is 6. The quantitative estimate of drug-likeness (QED) is 0.641. The Hall–Kier alpha value is -2.41. The zero-order valence-corrected chi connectivity index (χ0v) is 14.5. The largest absolute Gasteiger partial charge is 0.382 e. The standard InChI is InChI=1S/C16H19N3O5S/c1-3-13(11-24-2)18-16(21)12-5-4-6-14(9-12)25(22,23)19-8-7-17-15(20)10-19/h1,4-6,9,13H,7-8,10-11H2,2H3,(H,17,20)(H,18,21). The molecule has 9 heteroatoms. The molecule has 0 aliphatic carbocycles. The molecule has 1 saturated heterocycles. The van der Waals surface area contributed by atoms with Gasteiger partial charge in [-0.2, -0.15) is 4.31 Å². The molecule has 1 atom stereocenters. The molecule has 2 rings (SSSR count). The molecule has 1 aromatic carbocycles. The number of piperazine rings is 1. The van der Waals surface area contributed by atoms with Crippen molar-refractivity contribution >= 4 is 21.8 Å². The Morgan fingerprint density at radius 2 is 2.28 bits per heavy atom. The van der Waals surface area contributed by atoms with E-state index in [1.807, 2.05) is 0 Å². The number of ether oxygens (including phenoxy) is 1. The van der Waals surface area contributed by atoms with E-state index in [9.17, 15) is 18.0 Å². The third-order valence-electron chi connectivity index (χ3n) is 3.58. The summed E-state index contributed by atoms with van der Waals surface area (Å²) in [6.07, 6.45) is 5.31. The van der Waals surface area contributed by atoms with E-state index < -0.39 is 22.0 Å². The van der Waals surface area contributed by atoms with Crippen molar-refractivity contribution in [2.45, 2.75) is 10.9 Å². The summed E-state index contributed by atoms with van der Waals surface area (Å²) in [6.45, 7) is 0.325. The third kappa shape index (κ3) is 4.57. The molecular weight excluding hydrogens is 346 g/mol. The van der Waals surface area contributed by atoms with Gasteiger partial charge in [0, 0.05) is 25.8 Å². The van der Waals surface area contributed by atoms with Gasteiger partial charge in [-0.1, -0.05) is 12.0 Å². The number of benzene rings is 1. The second kappa shape index (κ2) is 8.11. The third-order valence-corrected chi connectivity index (χ3v) is 5.42. The first-order valence-electron chi connectivity index (χ1n) is 7.51. The number of terminal acetylenes is 1. The van der Waals surface area contributed by atoms with Gasteiger partial charge in [-0.15, -0.1) is 6.42 Å². The molecule has 0 radical (unpaired) electrons. The number of hydrogen-bond donors (Lipinski definition) is 2. The van der Waals surface area contributed by atoms with E-state index in [0.717, 1.165) is 4.31 Å². The van der Waals surface area contributed by atoms with Crippen LogP contribution in [-0.2, 0) is 19.6 Å². The summed E-state index contributed by atoms with van der Waals surface area (Å²) >= 11 is 0. The van der Waals surface area contributed by atoms with Crippen LogP contribution in [0, 0.1) is 12.3 Å². The first-order valence-corrected chi connectivity index (χ1v) is 8.95. The summed E-state index contributed by atoms with van der Waals surface area (Å²) in [4.78, 5) is 23.6. The van der Waals surface area contributed by atoms with Gasteiger partial charge in [-0.3, -0.25) is 9.59 Å². The number of hydrogen-bond acceptors (Lipinski definition) is 5. The maximum absolute atomic E-state index is 12.7. The Morgan fingerprint density at radius 1 is 1.52 bits per heavy atom. The monoisotopic (exact) mass is 365 g/mol. The number of nitrogens with one attached hydrogen (secondary N) is 2. The second-order valence-electron chi connectivity index (χ2n) is 5.36. The average Bonchev–Trinajstić information content (AvgIpc) is 2.61. The summed E-state index contributed by atoms with van der Waals surface area (Å²) in [5, 5.41) is 5.14. The van der Waals surface area contributed by atoms with Crippen LogP contribution in [0.25, 0.3) is 0 Å². The highest BCUT2D eigenvalue weighted by Gasteiger charge is 2.29. The molecule has 1 unspecified atom stereocenters. The maximum atomic E-state index is 12.7. The Bertz CT molecular complexity index is 800. The summed E-state index contributed by atoms with van der Waals surface area (Å²) in [5.41, 5.74) is 0.152. The molecule has 2 amide bonds. The molecule has 1 heterocycles. The molecule has 1 aromatic rings. The highest BCUT2D eigenvalue weighted by atomic mass is 32.2. The van der Waals surface area contributed by atoms with Gasteiger partial charge in [-0.25, -0.2) is 8.42 Å². The zero-order chi connectivity index (χ0) is 18.4. The first-order chi connectivity index (χ1) is 11.9. The van der Waals surface area contributed by atoms with E-state index in [-0.39, 0.29) is 42.6 Å². The molecule has 1 aliphatic heterocycles. The fraction of sp³-hybridized carbons (Fsp3) is 0.375. The summed E-state index contributed by atoms with van der Waals surface area (Å²) < 4.78 is 31.3. The van der Waals surface area contributed by atoms with Crippen molar-refractivity contribution in [2.24, 2.45) is 0 Å². The van der Waals surface area contributed by atoms with Gasteiger partial charge in [0.25, 0.3) is 5.91 Å². The lowest BCUT2D eigenvalue weighted by atomic mass is 10.2. The summed E-state index contributed by atoms with van der Waals surface area (Å²) in [7, 11) is -2.41. The van der Waals surface area contributed by atoms with Crippen molar-refractivity contribution in [3.63, 3.8) is 0 Å². The fourth-order valence-corrected chi connectivity index (χ4v) is 3.75. The van der Waals surface area contributed by atoms with Crippen LogP contribution in [0.3, 0.4) is 0 Å². The van der Waals surface area contributed by atoms with Crippen molar-refractivity contribution in [3.8, 4) is 12.3 Å². The zero-order valence-electron chi connectivity index (χ0n) is 13.7. The highest BCUT2D eigenvalue weighted by Crippen LogP contribution is 2.18. The minimum absolute atomic E-state index is 0.0566. The number of carbonyl (C=O) groups excluding carboxylic acids is 2. The van der Waals surface area contributed by atoms with E-state index in [0.29, 0.717) is 0 Å². The number of sulfonamides is 1. The minimum atomic E-state index is -3.87. The normalized spacial score (nSPS) is 16.6. The average molecular weight is 365 g/mol. The van der Waals surface area contributed by atoms with Gasteiger partial charge < -0.3 is 15.4 Å². The summed E-state index contributed by atoms with van der Waals surface area (Å²) in [5.74, 6) is 1.51. The molecule has 1 aliphatic rings. The van der Waals surface area contributed by atoms with Crippen LogP contribution in [0.2, 0.25) is 0 Å². The summed E-state index contributed by atoms with van der Waals surface area (Å²) in [6, 6.07) is 4.97. The molecule has 0 aromatic heterocycles. The smallest absolute Gasteiger partial charge is 0.252 e. The SMILES string of the molecule is C#CC(COC)NC(=O)c1cccc(S(=O)(=O)N2CCNC(=O)C2)c1. The Kier molecular flexibility index (Phi) is 6.14. The van der Waals surface area contributed by atoms with Crippen molar-refractivity contribution in [1.82, 2.24) is 14.9 Å². The maximum Gasteiger partial charge on any atom is 0.252 e. The lowest BCUT2D eigenvalue weighted by molar-refractivity contribution is -0.122. The second-order valence-corrected chi connectivity index (χ2v) is 7.30. The molecule has 1 fully saturated rings. The van der Waals surface area contributed by atoms with Crippen LogP contribution in [0.1, 0.15) is 10.4 Å². The van der Waals surface area contributed by atoms with Gasteiger partial charge in [0.05, 0.1) is 18.0 Å². The Morgan fingerprint density at radius 3 is 2.92 bits per heavy atom. The van der Waals surface area contributed by atoms with E-state index >= 15 is 0 Å². The van der Waals surface area contributed by atoms with Crippen molar-refractivity contribution in [3.05, 3.63) is 29.8 Å². The van der Waals surface area contributed by atoms with E-state index in [1.165, 1.54) is 31.4 Å². The van der Waals surface area contributed by atoms with Crippen LogP contribution in [0.5, 0.6) is 0 Å². The molecule has 25 heavy (non-hydrogen) atoms. The van der Waals surface area contributed by atoms with Crippen molar-refractivity contribution < 1.29 is 22.7 Å². The lowest BCUT2D eigenvalue weighted by Crippen LogP contribution is -2.49. The van der Waals surface area contributed by atoms with Crippen LogP contribution in [0.4, 0.5) is 0 Å². The molecule has 0 bridgehead atoms. The van der Waals surface area contributed by atoms with Gasteiger partial charge in [0.15, 0.2) is 0 Å². The fourth-order valence-electron chi connectivity index (χ4n) is 2.31. The van der Waals surface area contributed by atoms with E-state index in [2.05, 4.69) is 16.6 Å². The predicted molar refractivity (Wildman–Crippen MR) is 90.2 cm³/mol. The molecule has 0 saturated carbocycles. The van der Waals surface area contributed by atoms with Gasteiger partial charge in [0.1, 0.15) is 6.04 Å². The Balaban J connectivity index is 2.21. The molecular formula is C16H19N3O5S. The number of methoxy groups -OCH3 is 1. The number of amides is 2. The van der Waals surface area contributed by atoms with Gasteiger partial charge >= 0.3 is 0 Å². The van der Waals surface area contributed by atoms with E-state index in [1.54, 1.807) is 0 Å². The molecule has 0 spiro atoms. The lowest BCUT2D eigenvalue weighted by Gasteiger charge is -2.26. The number of nitrogens with zero attached hydrogens (tertiary/aromatic N) is 1. The van der Waals surface area contributed by atoms with Crippen molar-refractivity contribution in [2.75, 3.05) is 33.4 Å². The van der Waals surface area contributed by atoms with Crippen LogP contribution in [0.15, 0.2) is 29.2 Å².